The molecular weight excluding hydrogens is 1770 g/mol. The Morgan fingerprint density at radius 1 is 0.203 bits per heavy atom. The molecule has 0 radical (unpaired) electrons. The van der Waals surface area contributed by atoms with Crippen molar-refractivity contribution in [2.24, 2.45) is 0 Å². The van der Waals surface area contributed by atoms with Crippen molar-refractivity contribution in [2.75, 3.05) is 27.4 Å². The third-order valence-corrected chi connectivity index (χ3v) is 39.2. The summed E-state index contributed by atoms with van der Waals surface area (Å²) in [5.74, 6) is 0. The Kier molecular flexibility index (Phi) is 45.3. The highest BCUT2D eigenvalue weighted by molar-refractivity contribution is 7.86. The standard InChI is InChI=1S/C32H33OP.C24H27O2P.2C24H27OP.C24H27P/c1-2-3-4-7-14-27-21-23-28(24-22-27)25-26-29-15-12-13-20-32(29)34(33,30-16-8-5-9-17-30)31-18-10-6-11-19-31;1-26-20-10-4-5-11-21-16-18-24(19-17-21)27(25,22-12-6-2-7-13-22)23-14-8-3-9-15-23;1-25-20-10-4-5-11-21-16-18-24(19-17-21)26(22-12-6-2-7-13-22)23-14-8-3-9-15-23;1-2-3-4-7-12-21-17-19-24(20-18-21)26(25,22-13-8-5-9-14-22)23-15-10-6-11-16-23;1-2-3-4-7-12-21-17-19-24(20-18-21)25(22-13-8-5-9-14-22)23-15-10-6-11-16-23/h5-6,8-13,15-26H,2-4,7,14H2,1H3;2-3,6-9,12-19H,4-5,10-11,20H2,1H3;2-3,6-9,12-19H,4-5,10-11,20H2,1H3;5-6,8-11,13-20H,2-4,7,12H2,1H3;5-6,8-11,13-20H,2-4,7,12H2,1H3/b26-25+;;;;. The van der Waals surface area contributed by atoms with E-state index in [9.17, 15) is 13.7 Å². The van der Waals surface area contributed by atoms with Gasteiger partial charge in [0.05, 0.1) is 0 Å². The molecule has 0 aliphatic carbocycles. The molecule has 0 aliphatic heterocycles. The Labute approximate surface area is 829 Å². The van der Waals surface area contributed by atoms with Gasteiger partial charge in [-0.05, 0) is 164 Å². The molecule has 0 spiro atoms. The summed E-state index contributed by atoms with van der Waals surface area (Å²) in [5.41, 5.74) is 9.06. The van der Waals surface area contributed by atoms with Gasteiger partial charge in [-0.2, -0.15) is 0 Å². The zero-order chi connectivity index (χ0) is 96.2. The van der Waals surface area contributed by atoms with Crippen molar-refractivity contribution in [2.45, 2.75) is 168 Å². The predicted octanol–water partition coefficient (Wildman–Crippen LogP) is 28.1. The Morgan fingerprint density at radius 3 is 0.674 bits per heavy atom. The fraction of sp³-hybridized carbons (Fsp3) is 0.234. The summed E-state index contributed by atoms with van der Waals surface area (Å²) < 4.78 is 53.5. The first-order valence-corrected chi connectivity index (χ1v) is 57.9. The van der Waals surface area contributed by atoms with E-state index in [2.05, 4.69) is 270 Å². The van der Waals surface area contributed by atoms with Crippen molar-refractivity contribution in [1.29, 1.82) is 0 Å². The predicted molar refractivity (Wildman–Crippen MR) is 606 cm³/mol. The molecule has 0 bridgehead atoms. The largest absolute Gasteiger partial charge is 0.385 e. The van der Waals surface area contributed by atoms with Crippen LogP contribution in [-0.2, 0) is 55.3 Å². The van der Waals surface area contributed by atoms with E-state index in [0.29, 0.717) is 0 Å². The zero-order valence-corrected chi connectivity index (χ0v) is 86.3. The highest BCUT2D eigenvalue weighted by Crippen LogP contribution is 2.46. The third-order valence-electron chi connectivity index (χ3n) is 25.1. The summed E-state index contributed by atoms with van der Waals surface area (Å²) in [6, 6.07) is 155. The van der Waals surface area contributed by atoms with E-state index >= 15 is 0 Å². The van der Waals surface area contributed by atoms with Crippen molar-refractivity contribution in [3.8, 4) is 0 Å². The molecule has 708 valence electrons. The fourth-order valence-electron chi connectivity index (χ4n) is 17.4. The van der Waals surface area contributed by atoms with Crippen molar-refractivity contribution < 1.29 is 23.2 Å². The van der Waals surface area contributed by atoms with Crippen LogP contribution in [-0.4, -0.2) is 27.4 Å². The van der Waals surface area contributed by atoms with E-state index in [1.807, 2.05) is 212 Å². The minimum Gasteiger partial charge on any atom is -0.385 e. The number of aryl methyl sites for hydroxylation is 5. The molecule has 0 saturated carbocycles. The van der Waals surface area contributed by atoms with E-state index in [1.54, 1.807) is 14.2 Å². The number of ether oxygens (including phenoxy) is 2. The number of hydrogen-bond acceptors (Lipinski definition) is 5. The molecule has 16 aromatic rings. The third kappa shape index (κ3) is 31.9. The van der Waals surface area contributed by atoms with Gasteiger partial charge >= 0.3 is 0 Å². The minimum atomic E-state index is -3.01. The van der Waals surface area contributed by atoms with Crippen LogP contribution in [0.1, 0.15) is 175 Å². The lowest BCUT2D eigenvalue weighted by atomic mass is 10.0. The molecule has 10 heteroatoms. The number of hydrogen-bond donors (Lipinski definition) is 0. The first kappa shape index (κ1) is 106. The summed E-state index contributed by atoms with van der Waals surface area (Å²) in [6.07, 6.45) is 32.4. The quantitative estimate of drug-likeness (QED) is 0.0216. The second-order valence-electron chi connectivity index (χ2n) is 35.2. The highest BCUT2D eigenvalue weighted by atomic mass is 31.2. The molecule has 5 nitrogen and oxygen atoms in total. The second kappa shape index (κ2) is 59.2. The zero-order valence-electron chi connectivity index (χ0n) is 81.8. The van der Waals surface area contributed by atoms with Gasteiger partial charge in [0, 0.05) is 75.2 Å². The molecule has 0 aliphatic rings. The van der Waals surface area contributed by atoms with Gasteiger partial charge in [-0.25, -0.2) is 0 Å². The van der Waals surface area contributed by atoms with Crippen LogP contribution in [0.2, 0.25) is 0 Å². The summed E-state index contributed by atoms with van der Waals surface area (Å²) >= 11 is 0. The van der Waals surface area contributed by atoms with E-state index in [0.717, 1.165) is 117 Å². The van der Waals surface area contributed by atoms with E-state index in [1.165, 1.54) is 162 Å². The average Bonchev–Trinajstić information content (AvgIpc) is 0.766. The molecule has 0 atom stereocenters. The van der Waals surface area contributed by atoms with Crippen LogP contribution in [0.15, 0.2) is 449 Å². The lowest BCUT2D eigenvalue weighted by Gasteiger charge is -2.21. The van der Waals surface area contributed by atoms with Crippen molar-refractivity contribution in [3.05, 3.63) is 488 Å². The topological polar surface area (TPSA) is 69.7 Å². The maximum absolute atomic E-state index is 14.8. The van der Waals surface area contributed by atoms with Crippen LogP contribution in [0.4, 0.5) is 0 Å². The fourth-order valence-corrected chi connectivity index (χ4v) is 30.1. The van der Waals surface area contributed by atoms with Crippen LogP contribution in [0.5, 0.6) is 0 Å². The maximum Gasteiger partial charge on any atom is 0.171 e. The summed E-state index contributed by atoms with van der Waals surface area (Å²) in [5, 5.41) is 16.4. The van der Waals surface area contributed by atoms with Gasteiger partial charge in [-0.1, -0.05) is 552 Å². The Balaban J connectivity index is 0.000000155. The SMILES string of the molecule is CCCCCCc1ccc(/C=C/c2ccccc2P(=O)(c2ccccc2)c2ccccc2)cc1.CCCCCCc1ccc(P(=O)(c2ccccc2)c2ccccc2)cc1.CCCCCCc1ccc(P(c2ccccc2)c2ccccc2)cc1.COCCCCCc1ccc(P(=O)(c2ccccc2)c2ccccc2)cc1.COCCCCCc1ccc(P(c2ccccc2)c2ccccc2)cc1. The number of unbranched alkanes of at least 4 members (excludes halogenated alkanes) is 13. The van der Waals surface area contributed by atoms with Gasteiger partial charge in [-0.15, -0.1) is 0 Å². The monoisotopic (exact) mass is 1910 g/mol. The van der Waals surface area contributed by atoms with Crippen molar-refractivity contribution in [3.63, 3.8) is 0 Å². The number of methoxy groups -OCH3 is 2. The van der Waals surface area contributed by atoms with Gasteiger partial charge in [0.25, 0.3) is 0 Å². The van der Waals surface area contributed by atoms with Crippen molar-refractivity contribution in [1.82, 2.24) is 0 Å². The molecule has 138 heavy (non-hydrogen) atoms. The Morgan fingerprint density at radius 2 is 0.413 bits per heavy atom. The van der Waals surface area contributed by atoms with E-state index in [-0.39, 0.29) is 0 Å². The minimum absolute atomic E-state index is 0.477. The Hall–Kier alpha value is -11.3. The average molecular weight is 1910 g/mol. The van der Waals surface area contributed by atoms with Crippen LogP contribution in [0.25, 0.3) is 12.2 Å². The summed E-state index contributed by atoms with van der Waals surface area (Å²) in [4.78, 5) is 0. The molecule has 0 aromatic heterocycles. The first-order chi connectivity index (χ1) is 68.0. The lowest BCUT2D eigenvalue weighted by molar-refractivity contribution is 0.192. The summed E-state index contributed by atoms with van der Waals surface area (Å²) in [7, 11) is -6.15. The number of benzene rings is 16. The normalized spacial score (nSPS) is 11.3. The molecule has 16 rings (SSSR count). The highest BCUT2D eigenvalue weighted by Gasteiger charge is 2.33. The Bertz CT molecular complexity index is 5990. The summed E-state index contributed by atoms with van der Waals surface area (Å²) in [6.45, 7) is 8.45. The lowest BCUT2D eigenvalue weighted by Crippen LogP contribution is -2.26. The van der Waals surface area contributed by atoms with Crippen LogP contribution in [0.3, 0.4) is 0 Å². The molecular formula is C128H141O5P5. The van der Waals surface area contributed by atoms with Gasteiger partial charge < -0.3 is 23.2 Å². The van der Waals surface area contributed by atoms with Gasteiger partial charge in [-0.3, -0.25) is 0 Å². The van der Waals surface area contributed by atoms with E-state index < -0.39 is 37.3 Å². The van der Waals surface area contributed by atoms with Crippen LogP contribution < -0.4 is 79.6 Å². The van der Waals surface area contributed by atoms with Gasteiger partial charge in [0.2, 0.25) is 0 Å². The van der Waals surface area contributed by atoms with Gasteiger partial charge in [0.1, 0.15) is 0 Å². The van der Waals surface area contributed by atoms with Crippen LogP contribution in [0, 0.1) is 0 Å². The molecule has 0 unspecified atom stereocenters. The number of rotatable bonds is 44. The van der Waals surface area contributed by atoms with Crippen LogP contribution >= 0.6 is 37.3 Å². The molecule has 0 heterocycles. The molecule has 16 aromatic carbocycles. The molecule has 0 fully saturated rings. The molecule has 0 N–H and O–H groups in total. The van der Waals surface area contributed by atoms with E-state index in [4.69, 9.17) is 9.47 Å². The second-order valence-corrected chi connectivity index (χ2v) is 47.9. The van der Waals surface area contributed by atoms with Gasteiger partial charge in [0.15, 0.2) is 21.4 Å². The first-order valence-electron chi connectivity index (χ1n) is 50.1. The molecule has 0 amide bonds. The molecule has 0 saturated heterocycles. The smallest absolute Gasteiger partial charge is 0.171 e. The van der Waals surface area contributed by atoms with Crippen molar-refractivity contribution >= 4 is 129 Å². The maximum atomic E-state index is 14.8.